The van der Waals surface area contributed by atoms with E-state index in [-0.39, 0.29) is 11.4 Å². The van der Waals surface area contributed by atoms with E-state index < -0.39 is 5.91 Å². The Labute approximate surface area is 162 Å². The van der Waals surface area contributed by atoms with Crippen molar-refractivity contribution in [1.29, 1.82) is 0 Å². The number of rotatable bonds is 3. The molecule has 0 atom stereocenters. The van der Waals surface area contributed by atoms with E-state index in [9.17, 15) is 9.90 Å². The molecule has 134 valence electrons. The number of pyridine rings is 1. The Morgan fingerprint density at radius 3 is 2.81 bits per heavy atom. The Bertz CT molecular complexity index is 1170. The fraction of sp³-hybridized carbons (Fsp3) is 0.0526. The van der Waals surface area contributed by atoms with E-state index in [0.717, 1.165) is 16.6 Å². The fourth-order valence-corrected chi connectivity index (χ4v) is 3.17. The van der Waals surface area contributed by atoms with E-state index in [0.29, 0.717) is 15.9 Å². The van der Waals surface area contributed by atoms with Gasteiger partial charge in [0, 0.05) is 16.1 Å². The fourth-order valence-electron chi connectivity index (χ4n) is 2.82. The monoisotopic (exact) mass is 423 g/mol. The van der Waals surface area contributed by atoms with Crippen molar-refractivity contribution in [3.8, 4) is 11.4 Å². The summed E-state index contributed by atoms with van der Waals surface area (Å²) < 4.78 is 2.30. The number of phenolic OH excluding ortho intramolecular Hbond substituents is 1. The first-order valence-corrected chi connectivity index (χ1v) is 8.90. The highest BCUT2D eigenvalue weighted by Crippen LogP contribution is 2.27. The van der Waals surface area contributed by atoms with Crippen molar-refractivity contribution in [3.05, 3.63) is 70.6 Å². The lowest BCUT2D eigenvalue weighted by Gasteiger charge is -2.08. The summed E-state index contributed by atoms with van der Waals surface area (Å²) in [7, 11) is 0. The molecule has 0 radical (unpaired) electrons. The first kappa shape index (κ1) is 17.2. The van der Waals surface area contributed by atoms with Gasteiger partial charge in [0.05, 0.1) is 22.6 Å². The number of phenols is 1. The second-order valence-electron chi connectivity index (χ2n) is 5.90. The van der Waals surface area contributed by atoms with Crippen LogP contribution >= 0.6 is 15.9 Å². The third kappa shape index (κ3) is 3.15. The highest BCUT2D eigenvalue weighted by molar-refractivity contribution is 9.10. The van der Waals surface area contributed by atoms with Gasteiger partial charge in [-0.2, -0.15) is 0 Å². The molecule has 0 aliphatic carbocycles. The summed E-state index contributed by atoms with van der Waals surface area (Å²) in [5, 5.41) is 21.7. The van der Waals surface area contributed by atoms with Gasteiger partial charge in [0.25, 0.3) is 5.91 Å². The molecular weight excluding hydrogens is 410 g/mol. The molecule has 4 rings (SSSR count). The van der Waals surface area contributed by atoms with Crippen LogP contribution < -0.4 is 5.32 Å². The number of benzene rings is 2. The van der Waals surface area contributed by atoms with Gasteiger partial charge in [-0.1, -0.05) is 39.3 Å². The lowest BCUT2D eigenvalue weighted by molar-refractivity contribution is 0.102. The summed E-state index contributed by atoms with van der Waals surface area (Å²) in [5.74, 6) is -0.495. The van der Waals surface area contributed by atoms with Gasteiger partial charge in [-0.3, -0.25) is 9.78 Å². The minimum absolute atomic E-state index is 0.0407. The molecule has 0 unspecified atom stereocenters. The number of carbonyl (C=O) groups excluding carboxylic acids is 1. The van der Waals surface area contributed by atoms with E-state index in [1.54, 1.807) is 29.9 Å². The molecule has 2 N–H and O–H groups in total. The van der Waals surface area contributed by atoms with Crippen LogP contribution in [0.15, 0.2) is 59.2 Å². The van der Waals surface area contributed by atoms with Gasteiger partial charge in [0.15, 0.2) is 5.69 Å². The Morgan fingerprint density at radius 1 is 1.19 bits per heavy atom. The highest BCUT2D eigenvalue weighted by atomic mass is 79.9. The van der Waals surface area contributed by atoms with E-state index in [1.165, 1.54) is 6.07 Å². The molecule has 4 aromatic rings. The van der Waals surface area contributed by atoms with Gasteiger partial charge in [-0.15, -0.1) is 5.10 Å². The molecule has 2 aromatic heterocycles. The molecule has 1 amide bonds. The molecule has 0 saturated carbocycles. The van der Waals surface area contributed by atoms with Gasteiger partial charge < -0.3 is 10.4 Å². The van der Waals surface area contributed by atoms with Crippen LogP contribution in [0.4, 0.5) is 5.69 Å². The van der Waals surface area contributed by atoms with Crippen LogP contribution in [0.2, 0.25) is 0 Å². The standard InChI is InChI=1S/C19H14BrN5O2/c1-11-17(19(27)22-14-8-7-13(20)10-16(14)26)23-24-25(11)15-6-2-4-12-5-3-9-21-18(12)15/h2-10,26H,1H3,(H,22,27). The first-order valence-electron chi connectivity index (χ1n) is 8.11. The molecule has 7 nitrogen and oxygen atoms in total. The van der Waals surface area contributed by atoms with Crippen molar-refractivity contribution in [3.63, 3.8) is 0 Å². The summed E-state index contributed by atoms with van der Waals surface area (Å²) in [5.41, 5.74) is 2.55. The highest BCUT2D eigenvalue weighted by Gasteiger charge is 2.19. The quantitative estimate of drug-likeness (QED) is 0.488. The lowest BCUT2D eigenvalue weighted by atomic mass is 10.2. The van der Waals surface area contributed by atoms with Gasteiger partial charge in [-0.25, -0.2) is 4.68 Å². The molecule has 2 heterocycles. The second kappa shape index (κ2) is 6.81. The van der Waals surface area contributed by atoms with Gasteiger partial charge in [0.2, 0.25) is 0 Å². The molecule has 0 saturated heterocycles. The van der Waals surface area contributed by atoms with E-state index >= 15 is 0 Å². The zero-order valence-corrected chi connectivity index (χ0v) is 15.8. The molecule has 27 heavy (non-hydrogen) atoms. The van der Waals surface area contributed by atoms with Crippen LogP contribution in [-0.4, -0.2) is 31.0 Å². The molecule has 8 heteroatoms. The molecular formula is C19H14BrN5O2. The summed E-state index contributed by atoms with van der Waals surface area (Å²) in [4.78, 5) is 17.0. The van der Waals surface area contributed by atoms with Crippen LogP contribution in [0.3, 0.4) is 0 Å². The molecule has 0 spiro atoms. The number of hydrogen-bond acceptors (Lipinski definition) is 5. The lowest BCUT2D eigenvalue weighted by Crippen LogP contribution is -2.14. The van der Waals surface area contributed by atoms with Crippen LogP contribution in [0, 0.1) is 6.92 Å². The predicted octanol–water partition coefficient (Wildman–Crippen LogP) is 3.84. The maximum absolute atomic E-state index is 12.6. The van der Waals surface area contributed by atoms with Crippen LogP contribution in [-0.2, 0) is 0 Å². The Morgan fingerprint density at radius 2 is 2.00 bits per heavy atom. The zero-order valence-electron chi connectivity index (χ0n) is 14.2. The van der Waals surface area contributed by atoms with Crippen molar-refractivity contribution in [2.75, 3.05) is 5.32 Å². The van der Waals surface area contributed by atoms with Gasteiger partial charge in [0.1, 0.15) is 5.75 Å². The van der Waals surface area contributed by atoms with Gasteiger partial charge >= 0.3 is 0 Å². The van der Waals surface area contributed by atoms with E-state index in [2.05, 4.69) is 36.5 Å². The van der Waals surface area contributed by atoms with Gasteiger partial charge in [-0.05, 0) is 37.3 Å². The average Bonchev–Trinajstić information content (AvgIpc) is 3.05. The van der Waals surface area contributed by atoms with E-state index in [1.807, 2.05) is 30.3 Å². The number of hydrogen-bond donors (Lipinski definition) is 2. The van der Waals surface area contributed by atoms with Crippen LogP contribution in [0.1, 0.15) is 16.2 Å². The number of amides is 1. The third-order valence-corrected chi connectivity index (χ3v) is 4.65. The number of aromatic hydroxyl groups is 1. The molecule has 0 fully saturated rings. The number of aromatic nitrogens is 4. The zero-order chi connectivity index (χ0) is 19.0. The number of para-hydroxylation sites is 1. The number of anilines is 1. The van der Waals surface area contributed by atoms with Crippen molar-refractivity contribution in [1.82, 2.24) is 20.0 Å². The molecule has 0 aliphatic rings. The molecule has 2 aromatic carbocycles. The smallest absolute Gasteiger partial charge is 0.278 e. The summed E-state index contributed by atoms with van der Waals surface area (Å²) >= 11 is 3.26. The topological polar surface area (TPSA) is 92.9 Å². The number of nitrogens with one attached hydrogen (secondary N) is 1. The molecule has 0 aliphatic heterocycles. The SMILES string of the molecule is Cc1c(C(=O)Nc2ccc(Br)cc2O)nnn1-c1cccc2cccnc12. The van der Waals surface area contributed by atoms with E-state index in [4.69, 9.17) is 0 Å². The predicted molar refractivity (Wildman–Crippen MR) is 105 cm³/mol. The number of fused-ring (bicyclic) bond motifs is 1. The number of carbonyl (C=O) groups is 1. The number of nitrogens with zero attached hydrogens (tertiary/aromatic N) is 4. The first-order chi connectivity index (χ1) is 13.0. The second-order valence-corrected chi connectivity index (χ2v) is 6.82. The van der Waals surface area contributed by atoms with Crippen molar-refractivity contribution >= 4 is 38.4 Å². The van der Waals surface area contributed by atoms with Crippen molar-refractivity contribution in [2.45, 2.75) is 6.92 Å². The summed E-state index contributed by atoms with van der Waals surface area (Å²) in [6.45, 7) is 1.76. The number of halogens is 1. The maximum atomic E-state index is 12.6. The van der Waals surface area contributed by atoms with Crippen molar-refractivity contribution in [2.24, 2.45) is 0 Å². The van der Waals surface area contributed by atoms with Crippen molar-refractivity contribution < 1.29 is 9.90 Å². The Kier molecular flexibility index (Phi) is 4.33. The average molecular weight is 424 g/mol. The molecule has 0 bridgehead atoms. The minimum Gasteiger partial charge on any atom is -0.506 e. The van der Waals surface area contributed by atoms with Crippen LogP contribution in [0.5, 0.6) is 5.75 Å². The third-order valence-electron chi connectivity index (χ3n) is 4.16. The summed E-state index contributed by atoms with van der Waals surface area (Å²) in [6.07, 6.45) is 1.71. The summed E-state index contributed by atoms with van der Waals surface area (Å²) in [6, 6.07) is 14.4. The Hall–Kier alpha value is -3.26. The minimum atomic E-state index is -0.454. The Balaban J connectivity index is 1.70. The van der Waals surface area contributed by atoms with Crippen LogP contribution in [0.25, 0.3) is 16.6 Å². The largest absolute Gasteiger partial charge is 0.506 e. The maximum Gasteiger partial charge on any atom is 0.278 e. The normalized spacial score (nSPS) is 10.9.